The molecule has 0 aliphatic heterocycles. The minimum atomic E-state index is -0.307. The number of nitrogens with zero attached hydrogens (tertiary/aromatic N) is 2. The lowest BCUT2D eigenvalue weighted by Gasteiger charge is -2.10. The van der Waals surface area contributed by atoms with Crippen LogP contribution in [0.1, 0.15) is 21.6 Å². The standard InChI is InChI=1S/C20H19ClN4O2/c1-13-7-8-15(21)9-16(13)25-19-12-22-17(11-23-19)20(26)24-10-14-5-3-4-6-18(14)27-2/h3-9,11-12H,10H2,1-2H3,(H,23,25)(H,24,26). The minimum Gasteiger partial charge on any atom is -0.496 e. The van der Waals surface area contributed by atoms with Crippen LogP contribution in [0.4, 0.5) is 11.5 Å². The number of hydrogen-bond donors (Lipinski definition) is 2. The third kappa shape index (κ3) is 4.74. The molecule has 0 unspecified atom stereocenters. The molecule has 0 saturated heterocycles. The van der Waals surface area contributed by atoms with E-state index in [-0.39, 0.29) is 11.6 Å². The number of para-hydroxylation sites is 1. The highest BCUT2D eigenvalue weighted by atomic mass is 35.5. The summed E-state index contributed by atoms with van der Waals surface area (Å²) < 4.78 is 5.28. The van der Waals surface area contributed by atoms with Gasteiger partial charge in [-0.1, -0.05) is 35.9 Å². The molecule has 0 saturated carbocycles. The molecule has 138 valence electrons. The molecule has 0 spiro atoms. The zero-order valence-electron chi connectivity index (χ0n) is 15.0. The Morgan fingerprint density at radius 3 is 2.70 bits per heavy atom. The van der Waals surface area contributed by atoms with Crippen LogP contribution < -0.4 is 15.4 Å². The molecule has 6 nitrogen and oxygen atoms in total. The van der Waals surface area contributed by atoms with Crippen molar-refractivity contribution in [3.63, 3.8) is 0 Å². The molecule has 0 bridgehead atoms. The number of carbonyl (C=O) groups excluding carboxylic acids is 1. The van der Waals surface area contributed by atoms with E-state index in [2.05, 4.69) is 20.6 Å². The number of halogens is 1. The average Bonchev–Trinajstić information content (AvgIpc) is 2.69. The summed E-state index contributed by atoms with van der Waals surface area (Å²) in [6, 6.07) is 13.1. The fourth-order valence-electron chi connectivity index (χ4n) is 2.49. The fraction of sp³-hybridized carbons (Fsp3) is 0.150. The minimum absolute atomic E-state index is 0.235. The molecule has 2 aromatic carbocycles. The van der Waals surface area contributed by atoms with Crippen molar-refractivity contribution in [2.24, 2.45) is 0 Å². The maximum Gasteiger partial charge on any atom is 0.271 e. The number of aromatic nitrogens is 2. The number of ether oxygens (including phenoxy) is 1. The number of benzene rings is 2. The summed E-state index contributed by atoms with van der Waals surface area (Å²) in [4.78, 5) is 20.7. The number of amides is 1. The Morgan fingerprint density at radius 2 is 1.96 bits per heavy atom. The Balaban J connectivity index is 1.64. The molecule has 7 heteroatoms. The molecule has 27 heavy (non-hydrogen) atoms. The van der Waals surface area contributed by atoms with Gasteiger partial charge < -0.3 is 15.4 Å². The van der Waals surface area contributed by atoms with Crippen molar-refractivity contribution in [1.82, 2.24) is 15.3 Å². The SMILES string of the molecule is COc1ccccc1CNC(=O)c1cnc(Nc2cc(Cl)ccc2C)cn1. The molecule has 0 atom stereocenters. The van der Waals surface area contributed by atoms with E-state index in [1.807, 2.05) is 49.4 Å². The average molecular weight is 383 g/mol. The number of methoxy groups -OCH3 is 1. The Bertz CT molecular complexity index is 945. The lowest BCUT2D eigenvalue weighted by Crippen LogP contribution is -2.24. The highest BCUT2D eigenvalue weighted by Gasteiger charge is 2.10. The number of carbonyl (C=O) groups is 1. The van der Waals surface area contributed by atoms with E-state index in [1.165, 1.54) is 12.4 Å². The molecular weight excluding hydrogens is 364 g/mol. The predicted octanol–water partition coefficient (Wildman–Crippen LogP) is 4.12. The second-order valence-corrected chi connectivity index (χ2v) is 6.30. The first-order chi connectivity index (χ1) is 13.1. The first kappa shape index (κ1) is 18.7. The molecule has 0 fully saturated rings. The third-order valence-corrected chi connectivity index (χ3v) is 4.21. The van der Waals surface area contributed by atoms with Crippen LogP contribution in [0.3, 0.4) is 0 Å². The van der Waals surface area contributed by atoms with Crippen molar-refractivity contribution < 1.29 is 9.53 Å². The Kier molecular flexibility index (Phi) is 5.88. The largest absolute Gasteiger partial charge is 0.496 e. The first-order valence-electron chi connectivity index (χ1n) is 8.32. The topological polar surface area (TPSA) is 76.1 Å². The van der Waals surface area contributed by atoms with Gasteiger partial charge in [0.15, 0.2) is 0 Å². The number of aryl methyl sites for hydroxylation is 1. The van der Waals surface area contributed by atoms with Gasteiger partial charge in [0.05, 0.1) is 19.5 Å². The van der Waals surface area contributed by atoms with Gasteiger partial charge in [-0.3, -0.25) is 4.79 Å². The molecule has 2 N–H and O–H groups in total. The van der Waals surface area contributed by atoms with Crippen LogP contribution in [0, 0.1) is 6.92 Å². The number of nitrogens with one attached hydrogen (secondary N) is 2. The van der Waals surface area contributed by atoms with Gasteiger partial charge in [0, 0.05) is 22.8 Å². The van der Waals surface area contributed by atoms with E-state index in [0.717, 1.165) is 22.6 Å². The Labute approximate surface area is 162 Å². The second-order valence-electron chi connectivity index (χ2n) is 5.87. The van der Waals surface area contributed by atoms with Crippen molar-refractivity contribution in [3.8, 4) is 5.75 Å². The van der Waals surface area contributed by atoms with Crippen LogP contribution in [0.25, 0.3) is 0 Å². The maximum absolute atomic E-state index is 12.3. The molecule has 0 aliphatic carbocycles. The zero-order chi connectivity index (χ0) is 19.2. The predicted molar refractivity (Wildman–Crippen MR) is 106 cm³/mol. The van der Waals surface area contributed by atoms with Crippen LogP contribution in [-0.4, -0.2) is 23.0 Å². The van der Waals surface area contributed by atoms with E-state index in [4.69, 9.17) is 16.3 Å². The quantitative estimate of drug-likeness (QED) is 0.670. The molecule has 1 aromatic heterocycles. The lowest BCUT2D eigenvalue weighted by molar-refractivity contribution is 0.0945. The fourth-order valence-corrected chi connectivity index (χ4v) is 2.66. The van der Waals surface area contributed by atoms with Crippen LogP contribution in [-0.2, 0) is 6.54 Å². The summed E-state index contributed by atoms with van der Waals surface area (Å²) >= 11 is 6.02. The molecule has 3 aromatic rings. The van der Waals surface area contributed by atoms with Gasteiger partial charge in [0.25, 0.3) is 5.91 Å². The van der Waals surface area contributed by atoms with Gasteiger partial charge in [0.1, 0.15) is 17.3 Å². The third-order valence-electron chi connectivity index (χ3n) is 3.98. The number of anilines is 2. The van der Waals surface area contributed by atoms with Crippen molar-refractivity contribution in [2.75, 3.05) is 12.4 Å². The summed E-state index contributed by atoms with van der Waals surface area (Å²) in [6.45, 7) is 2.30. The van der Waals surface area contributed by atoms with Gasteiger partial charge in [-0.15, -0.1) is 0 Å². The van der Waals surface area contributed by atoms with Gasteiger partial charge in [0.2, 0.25) is 0 Å². The van der Waals surface area contributed by atoms with E-state index < -0.39 is 0 Å². The van der Waals surface area contributed by atoms with Crippen LogP contribution in [0.5, 0.6) is 5.75 Å². The normalized spacial score (nSPS) is 10.3. The second kappa shape index (κ2) is 8.51. The number of hydrogen-bond acceptors (Lipinski definition) is 5. The summed E-state index contributed by atoms with van der Waals surface area (Å²) in [6.07, 6.45) is 2.94. The molecule has 0 radical (unpaired) electrons. The van der Waals surface area contributed by atoms with E-state index in [1.54, 1.807) is 7.11 Å². The molecular formula is C20H19ClN4O2. The molecule has 1 heterocycles. The highest BCUT2D eigenvalue weighted by molar-refractivity contribution is 6.30. The van der Waals surface area contributed by atoms with Crippen molar-refractivity contribution in [3.05, 3.63) is 76.7 Å². The highest BCUT2D eigenvalue weighted by Crippen LogP contribution is 2.23. The maximum atomic E-state index is 12.3. The van der Waals surface area contributed by atoms with Crippen molar-refractivity contribution in [1.29, 1.82) is 0 Å². The Hall–Kier alpha value is -3.12. The van der Waals surface area contributed by atoms with Crippen LogP contribution in [0.15, 0.2) is 54.9 Å². The summed E-state index contributed by atoms with van der Waals surface area (Å²) in [5.74, 6) is 0.945. The van der Waals surface area contributed by atoms with Gasteiger partial charge in [-0.25, -0.2) is 9.97 Å². The van der Waals surface area contributed by atoms with E-state index in [9.17, 15) is 4.79 Å². The van der Waals surface area contributed by atoms with Crippen LogP contribution in [0.2, 0.25) is 5.02 Å². The Morgan fingerprint density at radius 1 is 1.15 bits per heavy atom. The van der Waals surface area contributed by atoms with E-state index in [0.29, 0.717) is 17.4 Å². The van der Waals surface area contributed by atoms with Crippen LogP contribution >= 0.6 is 11.6 Å². The first-order valence-corrected chi connectivity index (χ1v) is 8.70. The summed E-state index contributed by atoms with van der Waals surface area (Å²) in [5, 5.41) is 6.59. The molecule has 3 rings (SSSR count). The molecule has 1 amide bonds. The number of rotatable bonds is 6. The monoisotopic (exact) mass is 382 g/mol. The smallest absolute Gasteiger partial charge is 0.271 e. The van der Waals surface area contributed by atoms with Gasteiger partial charge >= 0.3 is 0 Å². The van der Waals surface area contributed by atoms with E-state index >= 15 is 0 Å². The van der Waals surface area contributed by atoms with Crippen molar-refractivity contribution in [2.45, 2.75) is 13.5 Å². The van der Waals surface area contributed by atoms with Gasteiger partial charge in [-0.05, 0) is 30.7 Å². The summed E-state index contributed by atoms with van der Waals surface area (Å²) in [5.41, 5.74) is 2.99. The molecule has 0 aliphatic rings. The zero-order valence-corrected chi connectivity index (χ0v) is 15.7. The van der Waals surface area contributed by atoms with Gasteiger partial charge in [-0.2, -0.15) is 0 Å². The summed E-state index contributed by atoms with van der Waals surface area (Å²) in [7, 11) is 1.60. The van der Waals surface area contributed by atoms with Crippen molar-refractivity contribution >= 4 is 29.0 Å². The lowest BCUT2D eigenvalue weighted by atomic mass is 10.2.